The van der Waals surface area contributed by atoms with Crippen LogP contribution in [0.2, 0.25) is 0 Å². The summed E-state index contributed by atoms with van der Waals surface area (Å²) in [7, 11) is 0. The minimum atomic E-state index is 0.682. The fourth-order valence-electron chi connectivity index (χ4n) is 3.46. The van der Waals surface area contributed by atoms with Crippen LogP contribution in [-0.2, 0) is 0 Å². The Morgan fingerprint density at radius 1 is 1.14 bits per heavy atom. The number of rotatable bonds is 2. The minimum Gasteiger partial charge on any atom is -0.331 e. The van der Waals surface area contributed by atoms with Gasteiger partial charge in [-0.05, 0) is 50.2 Å². The van der Waals surface area contributed by atoms with Gasteiger partial charge in [0.05, 0.1) is 17.2 Å². The van der Waals surface area contributed by atoms with Gasteiger partial charge in [-0.15, -0.1) is 6.58 Å². The van der Waals surface area contributed by atoms with Crippen LogP contribution in [0, 0.1) is 4.77 Å². The molecule has 0 bridgehead atoms. The van der Waals surface area contributed by atoms with E-state index in [1.165, 1.54) is 38.9 Å². The van der Waals surface area contributed by atoms with E-state index in [2.05, 4.69) is 26.3 Å². The molecule has 0 aliphatic carbocycles. The summed E-state index contributed by atoms with van der Waals surface area (Å²) in [6, 6.07) is 7.92. The Morgan fingerprint density at radius 2 is 1.82 bits per heavy atom. The Morgan fingerprint density at radius 3 is 2.50 bits per heavy atom. The van der Waals surface area contributed by atoms with Crippen LogP contribution in [0.4, 0.5) is 0 Å². The lowest BCUT2D eigenvalue weighted by molar-refractivity contribution is 0.0441. The lowest BCUT2D eigenvalue weighted by atomic mass is 10.2. The van der Waals surface area contributed by atoms with Crippen LogP contribution in [0.5, 0.6) is 0 Å². The fourth-order valence-corrected chi connectivity index (χ4v) is 3.68. The summed E-state index contributed by atoms with van der Waals surface area (Å²) < 4.78 is 0.682. The van der Waals surface area contributed by atoms with Gasteiger partial charge < -0.3 is 9.97 Å². The molecule has 2 saturated heterocycles. The second-order valence-electron chi connectivity index (χ2n) is 5.92. The monoisotopic (exact) mass is 316 g/mol. The van der Waals surface area contributed by atoms with Gasteiger partial charge in [0.2, 0.25) is 0 Å². The largest absolute Gasteiger partial charge is 0.331 e. The van der Waals surface area contributed by atoms with Crippen molar-refractivity contribution in [3.63, 3.8) is 0 Å². The smallest absolute Gasteiger partial charge is 0.175 e. The predicted octanol–water partition coefficient (Wildman–Crippen LogP) is 3.53. The zero-order valence-electron chi connectivity index (χ0n) is 12.9. The topological polar surface area (TPSA) is 38.1 Å². The number of H-pyrrole nitrogens is 2. The number of nitrogens with zero attached hydrogens (tertiary/aromatic N) is 2. The Bertz CT molecular complexity index is 638. The summed E-state index contributed by atoms with van der Waals surface area (Å²) >= 11 is 4.90. The zero-order chi connectivity index (χ0) is 15.4. The van der Waals surface area contributed by atoms with E-state index in [1.807, 2.05) is 30.3 Å². The van der Waals surface area contributed by atoms with E-state index in [4.69, 9.17) is 12.2 Å². The van der Waals surface area contributed by atoms with Crippen molar-refractivity contribution in [1.82, 2.24) is 19.8 Å². The van der Waals surface area contributed by atoms with Gasteiger partial charge in [0.1, 0.15) is 0 Å². The van der Waals surface area contributed by atoms with Crippen molar-refractivity contribution in [2.75, 3.05) is 26.2 Å². The predicted molar refractivity (Wildman–Crippen MR) is 94.5 cm³/mol. The number of para-hydroxylation sites is 2. The van der Waals surface area contributed by atoms with E-state index in [1.54, 1.807) is 0 Å². The van der Waals surface area contributed by atoms with Crippen molar-refractivity contribution in [3.05, 3.63) is 41.7 Å². The van der Waals surface area contributed by atoms with Crippen LogP contribution in [0.15, 0.2) is 36.9 Å². The lowest BCUT2D eigenvalue weighted by Gasteiger charge is -2.39. The van der Waals surface area contributed by atoms with Crippen molar-refractivity contribution in [1.29, 1.82) is 0 Å². The van der Waals surface area contributed by atoms with Crippen LogP contribution >= 0.6 is 12.2 Å². The maximum Gasteiger partial charge on any atom is 0.175 e. The molecule has 0 spiro atoms. The molecule has 5 heteroatoms. The number of hydrogen-bond acceptors (Lipinski definition) is 3. The summed E-state index contributed by atoms with van der Waals surface area (Å²) in [5.41, 5.74) is 2.13. The summed E-state index contributed by atoms with van der Waals surface area (Å²) in [6.07, 6.45) is 6.87. The van der Waals surface area contributed by atoms with Crippen LogP contribution < -0.4 is 0 Å². The number of aromatic amines is 2. The van der Waals surface area contributed by atoms with Crippen molar-refractivity contribution in [2.45, 2.75) is 25.4 Å². The van der Waals surface area contributed by atoms with E-state index in [9.17, 15) is 0 Å². The molecule has 2 aliphatic heterocycles. The molecule has 1 atom stereocenters. The molecule has 3 heterocycles. The van der Waals surface area contributed by atoms with Crippen LogP contribution in [0.25, 0.3) is 11.0 Å². The Labute approximate surface area is 136 Å². The summed E-state index contributed by atoms with van der Waals surface area (Å²) in [4.78, 5) is 11.2. The Balaban J connectivity index is 0.000000133. The molecular formula is C17H24N4S. The summed E-state index contributed by atoms with van der Waals surface area (Å²) in [5, 5.41) is 0. The number of imidazole rings is 1. The van der Waals surface area contributed by atoms with Crippen molar-refractivity contribution in [3.8, 4) is 0 Å². The molecule has 4 rings (SSSR count). The standard InChI is InChI=1S/C10H18N2.C7H6N2S/c1-2-6-11-8-4-9-12-7-3-5-10(11)12;10-7-8-5-3-1-2-4-6(5)9-7/h2,10H,1,3-9H2;1-4H,(H2,8,9,10). The van der Waals surface area contributed by atoms with Crippen molar-refractivity contribution in [2.24, 2.45) is 0 Å². The molecule has 2 N–H and O–H groups in total. The molecule has 4 nitrogen and oxygen atoms in total. The average molecular weight is 316 g/mol. The average Bonchev–Trinajstić information content (AvgIpc) is 3.13. The van der Waals surface area contributed by atoms with Crippen molar-refractivity contribution < 1.29 is 0 Å². The fraction of sp³-hybridized carbons (Fsp3) is 0.471. The van der Waals surface area contributed by atoms with Crippen LogP contribution in [-0.4, -0.2) is 52.1 Å². The maximum absolute atomic E-state index is 4.90. The van der Waals surface area contributed by atoms with Gasteiger partial charge in [-0.25, -0.2) is 0 Å². The van der Waals surface area contributed by atoms with Crippen molar-refractivity contribution >= 4 is 23.3 Å². The van der Waals surface area contributed by atoms with E-state index >= 15 is 0 Å². The van der Waals surface area contributed by atoms with E-state index < -0.39 is 0 Å². The van der Waals surface area contributed by atoms with Crippen LogP contribution in [0.1, 0.15) is 19.3 Å². The number of nitrogens with one attached hydrogen (secondary N) is 2. The Kier molecular flexibility index (Phi) is 5.08. The summed E-state index contributed by atoms with van der Waals surface area (Å²) in [6.45, 7) is 8.79. The number of benzene rings is 1. The van der Waals surface area contributed by atoms with Gasteiger partial charge >= 0.3 is 0 Å². The van der Waals surface area contributed by atoms with E-state index in [0.717, 1.165) is 23.7 Å². The molecule has 2 aliphatic rings. The molecule has 118 valence electrons. The van der Waals surface area contributed by atoms with Gasteiger partial charge in [0.25, 0.3) is 0 Å². The maximum atomic E-state index is 4.90. The second kappa shape index (κ2) is 7.22. The molecule has 0 saturated carbocycles. The second-order valence-corrected chi connectivity index (χ2v) is 6.33. The highest BCUT2D eigenvalue weighted by atomic mass is 32.1. The quantitative estimate of drug-likeness (QED) is 0.657. The highest BCUT2D eigenvalue weighted by molar-refractivity contribution is 7.71. The molecule has 2 aromatic rings. The molecule has 0 radical (unpaired) electrons. The van der Waals surface area contributed by atoms with Gasteiger partial charge in [0, 0.05) is 19.6 Å². The molecule has 1 unspecified atom stereocenters. The highest BCUT2D eigenvalue weighted by Crippen LogP contribution is 2.24. The summed E-state index contributed by atoms with van der Waals surface area (Å²) in [5.74, 6) is 0. The van der Waals surface area contributed by atoms with Crippen LogP contribution in [0.3, 0.4) is 0 Å². The normalized spacial score (nSPS) is 22.1. The molecule has 2 fully saturated rings. The Hall–Kier alpha value is -1.43. The first-order valence-corrected chi connectivity index (χ1v) is 8.45. The molecule has 1 aromatic heterocycles. The van der Waals surface area contributed by atoms with Gasteiger partial charge in [0.15, 0.2) is 4.77 Å². The molecular weight excluding hydrogens is 292 g/mol. The number of fused-ring (bicyclic) bond motifs is 2. The third kappa shape index (κ3) is 3.48. The first kappa shape index (κ1) is 15.5. The number of hydrogen-bond donors (Lipinski definition) is 2. The molecule has 0 amide bonds. The number of aromatic nitrogens is 2. The lowest BCUT2D eigenvalue weighted by Crippen LogP contribution is -2.50. The van der Waals surface area contributed by atoms with E-state index in [0.29, 0.717) is 4.77 Å². The van der Waals surface area contributed by atoms with Gasteiger partial charge in [-0.1, -0.05) is 18.2 Å². The molecule has 1 aromatic carbocycles. The first-order valence-electron chi connectivity index (χ1n) is 8.04. The highest BCUT2D eigenvalue weighted by Gasteiger charge is 2.31. The molecule has 22 heavy (non-hydrogen) atoms. The van der Waals surface area contributed by atoms with Gasteiger partial charge in [-0.2, -0.15) is 0 Å². The third-order valence-corrected chi connectivity index (χ3v) is 4.63. The van der Waals surface area contributed by atoms with E-state index in [-0.39, 0.29) is 0 Å². The zero-order valence-corrected chi connectivity index (χ0v) is 13.7. The SMILES string of the molecule is C=CCN1CCCN2CCCC12.S=c1[nH]c2ccccc2[nH]1. The first-order chi connectivity index (χ1) is 10.8. The third-order valence-electron chi connectivity index (χ3n) is 4.43. The minimum absolute atomic E-state index is 0.682. The van der Waals surface area contributed by atoms with Gasteiger partial charge in [-0.3, -0.25) is 9.80 Å².